The lowest BCUT2D eigenvalue weighted by Crippen LogP contribution is -2.40. The molecule has 0 spiro atoms. The highest BCUT2D eigenvalue weighted by atomic mass is 16.6. The Morgan fingerprint density at radius 1 is 0.941 bits per heavy atom. The number of hydrogen-bond acceptors (Lipinski definition) is 4. The highest BCUT2D eigenvalue weighted by molar-refractivity contribution is 5.68. The SMILES string of the molecule is CCOC(=O)N[C@H](C)C[C@H](C)NC(=O)OCC. The molecule has 0 aromatic rings. The number of ether oxygens (including phenoxy) is 2. The van der Waals surface area contributed by atoms with Crippen LogP contribution in [-0.4, -0.2) is 37.5 Å². The van der Waals surface area contributed by atoms with Crippen LogP contribution in [0.25, 0.3) is 0 Å². The van der Waals surface area contributed by atoms with Crippen LogP contribution in [0.4, 0.5) is 9.59 Å². The van der Waals surface area contributed by atoms with Crippen molar-refractivity contribution in [3.8, 4) is 0 Å². The van der Waals surface area contributed by atoms with Crippen LogP contribution in [0.2, 0.25) is 0 Å². The van der Waals surface area contributed by atoms with Gasteiger partial charge in [0.2, 0.25) is 0 Å². The van der Waals surface area contributed by atoms with Gasteiger partial charge in [0.1, 0.15) is 0 Å². The van der Waals surface area contributed by atoms with Gasteiger partial charge in [-0.3, -0.25) is 0 Å². The number of nitrogens with one attached hydrogen (secondary N) is 2. The zero-order chi connectivity index (χ0) is 13.3. The van der Waals surface area contributed by atoms with Crippen LogP contribution in [-0.2, 0) is 9.47 Å². The Hall–Kier alpha value is -1.46. The van der Waals surface area contributed by atoms with Gasteiger partial charge in [-0.05, 0) is 34.1 Å². The smallest absolute Gasteiger partial charge is 0.407 e. The topological polar surface area (TPSA) is 76.7 Å². The average Bonchev–Trinajstić information content (AvgIpc) is 2.16. The third kappa shape index (κ3) is 8.36. The molecule has 0 rings (SSSR count). The van der Waals surface area contributed by atoms with Crippen molar-refractivity contribution in [2.45, 2.75) is 46.2 Å². The van der Waals surface area contributed by atoms with Crippen molar-refractivity contribution < 1.29 is 19.1 Å². The minimum atomic E-state index is -0.441. The van der Waals surface area contributed by atoms with Crippen LogP contribution >= 0.6 is 0 Å². The van der Waals surface area contributed by atoms with Gasteiger partial charge in [-0.2, -0.15) is 0 Å². The molecule has 6 nitrogen and oxygen atoms in total. The number of rotatable bonds is 6. The van der Waals surface area contributed by atoms with E-state index in [1.54, 1.807) is 13.8 Å². The first-order valence-corrected chi connectivity index (χ1v) is 5.86. The summed E-state index contributed by atoms with van der Waals surface area (Å²) >= 11 is 0. The van der Waals surface area contributed by atoms with E-state index in [2.05, 4.69) is 10.6 Å². The molecule has 0 unspecified atom stereocenters. The fourth-order valence-corrected chi connectivity index (χ4v) is 1.40. The molecule has 0 heterocycles. The van der Waals surface area contributed by atoms with Gasteiger partial charge in [0.05, 0.1) is 13.2 Å². The summed E-state index contributed by atoms with van der Waals surface area (Å²) in [7, 11) is 0. The lowest BCUT2D eigenvalue weighted by atomic mass is 10.1. The van der Waals surface area contributed by atoms with E-state index in [0.29, 0.717) is 19.6 Å². The summed E-state index contributed by atoms with van der Waals surface area (Å²) in [5.41, 5.74) is 0. The number of hydrogen-bond donors (Lipinski definition) is 2. The van der Waals surface area contributed by atoms with Gasteiger partial charge in [-0.25, -0.2) is 9.59 Å². The van der Waals surface area contributed by atoms with Gasteiger partial charge >= 0.3 is 12.2 Å². The van der Waals surface area contributed by atoms with E-state index in [4.69, 9.17) is 9.47 Å². The molecule has 6 heteroatoms. The molecule has 0 aliphatic rings. The van der Waals surface area contributed by atoms with Gasteiger partial charge in [-0.1, -0.05) is 0 Å². The normalized spacial score (nSPS) is 13.4. The Morgan fingerprint density at radius 3 is 1.59 bits per heavy atom. The first kappa shape index (κ1) is 15.5. The lowest BCUT2D eigenvalue weighted by molar-refractivity contribution is 0.144. The molecule has 0 aliphatic carbocycles. The maximum atomic E-state index is 11.1. The second-order valence-electron chi connectivity index (χ2n) is 3.77. The zero-order valence-electron chi connectivity index (χ0n) is 10.9. The summed E-state index contributed by atoms with van der Waals surface area (Å²) in [6.07, 6.45) is -0.274. The first-order valence-electron chi connectivity index (χ1n) is 5.86. The van der Waals surface area contributed by atoms with Crippen LogP contribution in [0.3, 0.4) is 0 Å². The van der Waals surface area contributed by atoms with Gasteiger partial charge < -0.3 is 20.1 Å². The summed E-state index contributed by atoms with van der Waals surface area (Å²) in [6.45, 7) is 7.87. The second kappa shape index (κ2) is 8.66. The third-order valence-electron chi connectivity index (χ3n) is 1.99. The summed E-state index contributed by atoms with van der Waals surface area (Å²) in [5, 5.41) is 5.33. The molecule has 0 aromatic heterocycles. The summed E-state index contributed by atoms with van der Waals surface area (Å²) in [4.78, 5) is 22.2. The van der Waals surface area contributed by atoms with E-state index in [1.807, 2.05) is 13.8 Å². The highest BCUT2D eigenvalue weighted by Gasteiger charge is 2.13. The van der Waals surface area contributed by atoms with Crippen molar-refractivity contribution in [2.75, 3.05) is 13.2 Å². The molecule has 0 radical (unpaired) electrons. The standard InChI is InChI=1S/C11H22N2O4/c1-5-16-10(14)12-8(3)7-9(4)13-11(15)17-6-2/h8-9H,5-7H2,1-4H3,(H,12,14)(H,13,15)/t8-,9+. The molecule has 0 fully saturated rings. The van der Waals surface area contributed by atoms with Crippen LogP contribution in [0.1, 0.15) is 34.1 Å². The Morgan fingerprint density at radius 2 is 1.29 bits per heavy atom. The minimum Gasteiger partial charge on any atom is -0.450 e. The van der Waals surface area contributed by atoms with Crippen molar-refractivity contribution in [3.05, 3.63) is 0 Å². The van der Waals surface area contributed by atoms with E-state index in [1.165, 1.54) is 0 Å². The molecule has 0 saturated heterocycles. The Balaban J connectivity index is 3.82. The largest absolute Gasteiger partial charge is 0.450 e. The molecule has 0 bridgehead atoms. The van der Waals surface area contributed by atoms with Crippen LogP contribution < -0.4 is 10.6 Å². The number of carbonyl (C=O) groups is 2. The van der Waals surface area contributed by atoms with Crippen LogP contribution in [0.5, 0.6) is 0 Å². The lowest BCUT2D eigenvalue weighted by Gasteiger charge is -2.19. The second-order valence-corrected chi connectivity index (χ2v) is 3.77. The number of carbonyl (C=O) groups excluding carboxylic acids is 2. The average molecular weight is 246 g/mol. The van der Waals surface area contributed by atoms with E-state index < -0.39 is 12.2 Å². The quantitative estimate of drug-likeness (QED) is 0.747. The predicted molar refractivity (Wildman–Crippen MR) is 63.9 cm³/mol. The maximum Gasteiger partial charge on any atom is 0.407 e. The minimum absolute atomic E-state index is 0.0778. The van der Waals surface area contributed by atoms with Crippen molar-refractivity contribution in [2.24, 2.45) is 0 Å². The van der Waals surface area contributed by atoms with Crippen molar-refractivity contribution in [3.63, 3.8) is 0 Å². The molecular formula is C11H22N2O4. The predicted octanol–water partition coefficient (Wildman–Crippen LogP) is 1.65. The van der Waals surface area contributed by atoms with Crippen LogP contribution in [0.15, 0.2) is 0 Å². The van der Waals surface area contributed by atoms with Crippen LogP contribution in [0, 0.1) is 0 Å². The molecule has 0 aromatic carbocycles. The molecule has 2 amide bonds. The Bertz CT molecular complexity index is 222. The zero-order valence-corrected chi connectivity index (χ0v) is 10.9. The molecule has 17 heavy (non-hydrogen) atoms. The summed E-state index contributed by atoms with van der Waals surface area (Å²) in [6, 6.07) is -0.156. The molecule has 2 atom stereocenters. The molecular weight excluding hydrogens is 224 g/mol. The monoisotopic (exact) mass is 246 g/mol. The molecule has 0 aliphatic heterocycles. The summed E-state index contributed by atoms with van der Waals surface area (Å²) in [5.74, 6) is 0. The van der Waals surface area contributed by atoms with Crippen molar-refractivity contribution >= 4 is 12.2 Å². The fraction of sp³-hybridized carbons (Fsp3) is 0.818. The van der Waals surface area contributed by atoms with Crippen molar-refractivity contribution in [1.82, 2.24) is 10.6 Å². The maximum absolute atomic E-state index is 11.1. The number of amides is 2. The van der Waals surface area contributed by atoms with E-state index >= 15 is 0 Å². The van der Waals surface area contributed by atoms with E-state index in [-0.39, 0.29) is 12.1 Å². The van der Waals surface area contributed by atoms with Gasteiger partial charge in [0, 0.05) is 12.1 Å². The van der Waals surface area contributed by atoms with Gasteiger partial charge in [0.15, 0.2) is 0 Å². The van der Waals surface area contributed by atoms with E-state index in [9.17, 15) is 9.59 Å². The molecule has 0 saturated carbocycles. The number of alkyl carbamates (subject to hydrolysis) is 2. The Kier molecular flexibility index (Phi) is 7.92. The third-order valence-corrected chi connectivity index (χ3v) is 1.99. The first-order chi connectivity index (χ1) is 7.99. The fourth-order valence-electron chi connectivity index (χ4n) is 1.40. The van der Waals surface area contributed by atoms with E-state index in [0.717, 1.165) is 0 Å². The van der Waals surface area contributed by atoms with Gasteiger partial charge in [-0.15, -0.1) is 0 Å². The van der Waals surface area contributed by atoms with Gasteiger partial charge in [0.25, 0.3) is 0 Å². The summed E-state index contributed by atoms with van der Waals surface area (Å²) < 4.78 is 9.50. The van der Waals surface area contributed by atoms with Crippen molar-refractivity contribution in [1.29, 1.82) is 0 Å². The Labute approximate surface area is 102 Å². The molecule has 2 N–H and O–H groups in total. The molecule has 100 valence electrons. The highest BCUT2D eigenvalue weighted by Crippen LogP contribution is 1.98.